The molecule has 0 aliphatic carbocycles. The van der Waals surface area contributed by atoms with Crippen molar-refractivity contribution in [1.29, 1.82) is 0 Å². The number of hydrogen-bond acceptors (Lipinski definition) is 2. The summed E-state index contributed by atoms with van der Waals surface area (Å²) in [4.78, 5) is 0. The van der Waals surface area contributed by atoms with Crippen molar-refractivity contribution in [2.45, 2.75) is 26.1 Å². The largest absolute Gasteiger partial charge is 0.455 e. The highest BCUT2D eigenvalue weighted by atomic mass is 79.9. The highest BCUT2D eigenvalue weighted by molar-refractivity contribution is 9.10. The molecular formula is C12H13BrO2. The van der Waals surface area contributed by atoms with Crippen molar-refractivity contribution in [3.05, 3.63) is 46.3 Å². The third-order valence-electron chi connectivity index (χ3n) is 2.38. The third-order valence-corrected chi connectivity index (χ3v) is 3.07. The van der Waals surface area contributed by atoms with E-state index < -0.39 is 0 Å². The summed E-state index contributed by atoms with van der Waals surface area (Å²) in [6.07, 6.45) is 2.87. The topological polar surface area (TPSA) is 18.5 Å². The molecule has 0 N–H and O–H groups in total. The number of rotatable bonds is 2. The van der Waals surface area contributed by atoms with E-state index in [1.807, 2.05) is 18.2 Å². The van der Waals surface area contributed by atoms with Crippen molar-refractivity contribution < 1.29 is 9.47 Å². The summed E-state index contributed by atoms with van der Waals surface area (Å²) >= 11 is 3.56. The molecule has 2 rings (SSSR count). The van der Waals surface area contributed by atoms with Gasteiger partial charge in [-0.15, -0.1) is 0 Å². The first kappa shape index (κ1) is 10.6. The van der Waals surface area contributed by atoms with Gasteiger partial charge in [-0.05, 0) is 17.5 Å². The summed E-state index contributed by atoms with van der Waals surface area (Å²) in [7, 11) is 0. The molecule has 1 aliphatic rings. The maximum Gasteiger partial charge on any atom is 0.266 e. The molecule has 0 unspecified atom stereocenters. The predicted octanol–water partition coefficient (Wildman–Crippen LogP) is 4.09. The van der Waals surface area contributed by atoms with Crippen LogP contribution in [0.1, 0.15) is 37.2 Å². The summed E-state index contributed by atoms with van der Waals surface area (Å²) < 4.78 is 11.8. The zero-order valence-electron chi connectivity index (χ0n) is 8.74. The molecule has 0 spiro atoms. The Hall–Kier alpha value is -0.960. The van der Waals surface area contributed by atoms with Crippen molar-refractivity contribution in [1.82, 2.24) is 0 Å². The van der Waals surface area contributed by atoms with E-state index in [4.69, 9.17) is 9.47 Å². The van der Waals surface area contributed by atoms with Crippen LogP contribution in [0.15, 0.2) is 35.2 Å². The molecule has 1 aliphatic heterocycles. The van der Waals surface area contributed by atoms with E-state index in [9.17, 15) is 0 Å². The molecular weight excluding hydrogens is 256 g/mol. The molecule has 0 aromatic heterocycles. The minimum Gasteiger partial charge on any atom is -0.455 e. The summed E-state index contributed by atoms with van der Waals surface area (Å²) in [6.45, 7) is 4.32. The summed E-state index contributed by atoms with van der Waals surface area (Å²) in [5.41, 5.74) is 2.33. The Bertz CT molecular complexity index is 377. The SMILES string of the molecule is CC(C)c1c(Br)cccc1C1OC=CO1. The average molecular weight is 269 g/mol. The van der Waals surface area contributed by atoms with E-state index in [-0.39, 0.29) is 6.29 Å². The van der Waals surface area contributed by atoms with Gasteiger partial charge in [0.15, 0.2) is 0 Å². The summed E-state index contributed by atoms with van der Waals surface area (Å²) in [5.74, 6) is 0.434. The van der Waals surface area contributed by atoms with Crippen molar-refractivity contribution in [2.24, 2.45) is 0 Å². The number of ether oxygens (including phenoxy) is 2. The fraction of sp³-hybridized carbons (Fsp3) is 0.333. The Balaban J connectivity index is 2.41. The van der Waals surface area contributed by atoms with Crippen LogP contribution in [-0.2, 0) is 9.47 Å². The Kier molecular flexibility index (Phi) is 3.00. The first-order valence-corrected chi connectivity index (χ1v) is 5.73. The lowest BCUT2D eigenvalue weighted by atomic mass is 9.97. The zero-order chi connectivity index (χ0) is 10.8. The molecule has 80 valence electrons. The van der Waals surface area contributed by atoms with Crippen LogP contribution in [0.5, 0.6) is 0 Å². The third kappa shape index (κ3) is 2.02. The van der Waals surface area contributed by atoms with Crippen molar-refractivity contribution in [2.75, 3.05) is 0 Å². The van der Waals surface area contributed by atoms with Crippen LogP contribution in [-0.4, -0.2) is 0 Å². The van der Waals surface area contributed by atoms with Crippen LogP contribution in [0.25, 0.3) is 0 Å². The van der Waals surface area contributed by atoms with Gasteiger partial charge in [0.1, 0.15) is 12.5 Å². The van der Waals surface area contributed by atoms with Gasteiger partial charge < -0.3 is 9.47 Å². The molecule has 0 amide bonds. The smallest absolute Gasteiger partial charge is 0.266 e. The first-order chi connectivity index (χ1) is 7.20. The number of halogens is 1. The second-order valence-electron chi connectivity index (χ2n) is 3.77. The van der Waals surface area contributed by atoms with Gasteiger partial charge in [0, 0.05) is 10.0 Å². The van der Waals surface area contributed by atoms with Crippen LogP contribution < -0.4 is 0 Å². The molecule has 0 saturated carbocycles. The normalized spacial score (nSPS) is 15.5. The number of hydrogen-bond donors (Lipinski definition) is 0. The maximum atomic E-state index is 5.36. The quantitative estimate of drug-likeness (QED) is 0.805. The van der Waals surface area contributed by atoms with Crippen LogP contribution in [0.2, 0.25) is 0 Å². The van der Waals surface area contributed by atoms with E-state index in [1.54, 1.807) is 12.5 Å². The van der Waals surface area contributed by atoms with E-state index in [0.717, 1.165) is 10.0 Å². The van der Waals surface area contributed by atoms with Gasteiger partial charge in [-0.1, -0.05) is 41.9 Å². The van der Waals surface area contributed by atoms with Crippen LogP contribution in [0.4, 0.5) is 0 Å². The lowest BCUT2D eigenvalue weighted by molar-refractivity contribution is -0.0254. The van der Waals surface area contributed by atoms with Crippen LogP contribution in [0, 0.1) is 0 Å². The second-order valence-corrected chi connectivity index (χ2v) is 4.63. The summed E-state index contributed by atoms with van der Waals surface area (Å²) in [5, 5.41) is 0. The summed E-state index contributed by atoms with van der Waals surface area (Å²) in [6, 6.07) is 6.08. The van der Waals surface area contributed by atoms with Gasteiger partial charge in [0.25, 0.3) is 6.29 Å². The van der Waals surface area contributed by atoms with E-state index in [2.05, 4.69) is 29.8 Å². The molecule has 0 bridgehead atoms. The van der Waals surface area contributed by atoms with Crippen molar-refractivity contribution >= 4 is 15.9 Å². The second kappa shape index (κ2) is 4.27. The minimum atomic E-state index is -0.292. The van der Waals surface area contributed by atoms with Crippen LogP contribution in [0.3, 0.4) is 0 Å². The van der Waals surface area contributed by atoms with Gasteiger partial charge in [-0.25, -0.2) is 0 Å². The molecule has 3 heteroatoms. The molecule has 0 radical (unpaired) electrons. The van der Waals surface area contributed by atoms with Gasteiger partial charge in [0.05, 0.1) is 0 Å². The Morgan fingerprint density at radius 1 is 1.20 bits per heavy atom. The van der Waals surface area contributed by atoms with Crippen LogP contribution >= 0.6 is 15.9 Å². The van der Waals surface area contributed by atoms with Crippen molar-refractivity contribution in [3.8, 4) is 0 Å². The minimum absolute atomic E-state index is 0.292. The molecule has 1 heterocycles. The molecule has 0 atom stereocenters. The molecule has 2 nitrogen and oxygen atoms in total. The predicted molar refractivity (Wildman–Crippen MR) is 62.3 cm³/mol. The highest BCUT2D eigenvalue weighted by Gasteiger charge is 2.21. The Morgan fingerprint density at radius 2 is 1.87 bits per heavy atom. The lowest BCUT2D eigenvalue weighted by Crippen LogP contribution is -2.04. The van der Waals surface area contributed by atoms with Crippen molar-refractivity contribution in [3.63, 3.8) is 0 Å². The number of benzene rings is 1. The Morgan fingerprint density at radius 3 is 2.47 bits per heavy atom. The molecule has 1 aromatic carbocycles. The fourth-order valence-corrected chi connectivity index (χ4v) is 2.59. The monoisotopic (exact) mass is 268 g/mol. The maximum absolute atomic E-state index is 5.36. The van der Waals surface area contributed by atoms with Gasteiger partial charge in [0.2, 0.25) is 0 Å². The van der Waals surface area contributed by atoms with Gasteiger partial charge in [-0.2, -0.15) is 0 Å². The Labute approximate surface area is 98.0 Å². The lowest BCUT2D eigenvalue weighted by Gasteiger charge is -2.18. The van der Waals surface area contributed by atoms with Gasteiger partial charge in [-0.3, -0.25) is 0 Å². The van der Waals surface area contributed by atoms with E-state index in [0.29, 0.717) is 5.92 Å². The highest BCUT2D eigenvalue weighted by Crippen LogP contribution is 2.35. The van der Waals surface area contributed by atoms with E-state index in [1.165, 1.54) is 5.56 Å². The molecule has 1 aromatic rings. The molecule has 0 saturated heterocycles. The first-order valence-electron chi connectivity index (χ1n) is 4.94. The van der Waals surface area contributed by atoms with Gasteiger partial charge >= 0.3 is 0 Å². The zero-order valence-corrected chi connectivity index (χ0v) is 10.3. The fourth-order valence-electron chi connectivity index (χ4n) is 1.75. The molecule has 0 fully saturated rings. The average Bonchev–Trinajstić information content (AvgIpc) is 2.69. The standard InChI is InChI=1S/C12H13BrO2/c1-8(2)11-9(4-3-5-10(11)13)12-14-6-7-15-12/h3-8,12H,1-2H3. The molecule has 15 heavy (non-hydrogen) atoms. The van der Waals surface area contributed by atoms with E-state index >= 15 is 0 Å².